The molecule has 1 rings (SSSR count). The molecule has 0 spiro atoms. The van der Waals surface area contributed by atoms with Crippen LogP contribution in [0.3, 0.4) is 0 Å². The number of ether oxygens (including phenoxy) is 1. The topological polar surface area (TPSA) is 26.3 Å². The zero-order valence-electron chi connectivity index (χ0n) is 7.97. The van der Waals surface area contributed by atoms with Crippen molar-refractivity contribution in [3.05, 3.63) is 29.6 Å². The lowest BCUT2D eigenvalue weighted by Gasteiger charge is -2.04. The van der Waals surface area contributed by atoms with E-state index in [1.807, 2.05) is 0 Å². The molecule has 0 unspecified atom stereocenters. The lowest BCUT2D eigenvalue weighted by molar-refractivity contribution is -0.128. The molecule has 0 atom stereocenters. The second-order valence-electron chi connectivity index (χ2n) is 2.91. The van der Waals surface area contributed by atoms with E-state index in [2.05, 4.69) is 4.74 Å². The van der Waals surface area contributed by atoms with Gasteiger partial charge in [0.05, 0.1) is 7.11 Å². The molecular formula is C10H9F3O2. The standard InChI is InChI=1S/C10H9F3O2/c1-15-9-3-2-6(4-7(9)11)5-8(14)10(12)13/h2-4,10H,5H2,1H3. The Morgan fingerprint density at radius 3 is 2.60 bits per heavy atom. The van der Waals surface area contributed by atoms with Gasteiger partial charge < -0.3 is 4.74 Å². The van der Waals surface area contributed by atoms with Gasteiger partial charge in [0.1, 0.15) is 0 Å². The van der Waals surface area contributed by atoms with E-state index in [0.29, 0.717) is 0 Å². The number of Topliss-reactive ketones (excluding diaryl/α,β-unsaturated/α-hetero) is 1. The van der Waals surface area contributed by atoms with Crippen LogP contribution in [0.5, 0.6) is 5.75 Å². The lowest BCUT2D eigenvalue weighted by atomic mass is 10.1. The first-order chi connectivity index (χ1) is 7.04. The second-order valence-corrected chi connectivity index (χ2v) is 2.91. The van der Waals surface area contributed by atoms with E-state index in [1.165, 1.54) is 19.2 Å². The van der Waals surface area contributed by atoms with E-state index in [1.54, 1.807) is 0 Å². The highest BCUT2D eigenvalue weighted by atomic mass is 19.3. The number of halogens is 3. The average molecular weight is 218 g/mol. The highest BCUT2D eigenvalue weighted by molar-refractivity contribution is 5.83. The first-order valence-electron chi connectivity index (χ1n) is 4.18. The predicted octanol–water partition coefficient (Wildman–Crippen LogP) is 2.21. The molecule has 1 aromatic carbocycles. The zero-order valence-corrected chi connectivity index (χ0v) is 7.97. The quantitative estimate of drug-likeness (QED) is 0.774. The Hall–Kier alpha value is -1.52. The molecule has 0 saturated carbocycles. The van der Waals surface area contributed by atoms with Crippen molar-refractivity contribution in [3.63, 3.8) is 0 Å². The van der Waals surface area contributed by atoms with E-state index < -0.39 is 24.4 Å². The summed E-state index contributed by atoms with van der Waals surface area (Å²) in [5.74, 6) is -1.88. The van der Waals surface area contributed by atoms with Crippen LogP contribution in [-0.4, -0.2) is 19.3 Å². The maximum Gasteiger partial charge on any atom is 0.296 e. The smallest absolute Gasteiger partial charge is 0.296 e. The predicted molar refractivity (Wildman–Crippen MR) is 47.7 cm³/mol. The van der Waals surface area contributed by atoms with Crippen LogP contribution < -0.4 is 4.74 Å². The highest BCUT2D eigenvalue weighted by Crippen LogP contribution is 2.18. The third kappa shape index (κ3) is 2.97. The Bertz CT molecular complexity index is 364. The number of benzene rings is 1. The average Bonchev–Trinajstić information content (AvgIpc) is 2.18. The monoisotopic (exact) mass is 218 g/mol. The number of carbonyl (C=O) groups is 1. The summed E-state index contributed by atoms with van der Waals surface area (Å²) in [4.78, 5) is 10.7. The van der Waals surface area contributed by atoms with E-state index in [0.717, 1.165) is 6.07 Å². The molecule has 82 valence electrons. The second kappa shape index (κ2) is 4.82. The van der Waals surface area contributed by atoms with Crippen LogP contribution in [0.15, 0.2) is 18.2 Å². The molecule has 0 bridgehead atoms. The van der Waals surface area contributed by atoms with Crippen molar-refractivity contribution >= 4 is 5.78 Å². The normalized spacial score (nSPS) is 10.5. The van der Waals surface area contributed by atoms with Gasteiger partial charge in [-0.2, -0.15) is 0 Å². The number of methoxy groups -OCH3 is 1. The minimum atomic E-state index is -3.02. The van der Waals surface area contributed by atoms with Crippen LogP contribution in [0.2, 0.25) is 0 Å². The summed E-state index contributed by atoms with van der Waals surface area (Å²) in [7, 11) is 1.29. The fourth-order valence-electron chi connectivity index (χ4n) is 1.10. The molecule has 5 heteroatoms. The summed E-state index contributed by atoms with van der Waals surface area (Å²) in [6, 6.07) is 3.69. The zero-order chi connectivity index (χ0) is 11.4. The third-order valence-electron chi connectivity index (χ3n) is 1.84. The lowest BCUT2D eigenvalue weighted by Crippen LogP contribution is -2.12. The van der Waals surface area contributed by atoms with Crippen LogP contribution in [-0.2, 0) is 11.2 Å². The van der Waals surface area contributed by atoms with E-state index in [4.69, 9.17) is 0 Å². The summed E-state index contributed by atoms with van der Waals surface area (Å²) >= 11 is 0. The van der Waals surface area contributed by atoms with Crippen LogP contribution in [0.4, 0.5) is 13.2 Å². The largest absolute Gasteiger partial charge is 0.494 e. The Labute approximate surface area is 84.7 Å². The highest BCUT2D eigenvalue weighted by Gasteiger charge is 2.16. The van der Waals surface area contributed by atoms with Crippen molar-refractivity contribution in [2.24, 2.45) is 0 Å². The molecule has 15 heavy (non-hydrogen) atoms. The van der Waals surface area contributed by atoms with Gasteiger partial charge >= 0.3 is 0 Å². The van der Waals surface area contributed by atoms with E-state index >= 15 is 0 Å². The molecule has 0 radical (unpaired) electrons. The molecule has 1 aromatic rings. The Kier molecular flexibility index (Phi) is 3.71. The van der Waals surface area contributed by atoms with Crippen molar-refractivity contribution in [2.75, 3.05) is 7.11 Å². The van der Waals surface area contributed by atoms with E-state index in [9.17, 15) is 18.0 Å². The number of alkyl halides is 2. The third-order valence-corrected chi connectivity index (χ3v) is 1.84. The molecule has 0 aromatic heterocycles. The van der Waals surface area contributed by atoms with Gasteiger partial charge in [-0.15, -0.1) is 0 Å². The molecule has 0 fully saturated rings. The Morgan fingerprint density at radius 2 is 2.13 bits per heavy atom. The molecule has 0 aliphatic heterocycles. The molecule has 2 nitrogen and oxygen atoms in total. The van der Waals surface area contributed by atoms with Crippen LogP contribution in [0.25, 0.3) is 0 Å². The molecule has 0 saturated heterocycles. The number of hydrogen-bond acceptors (Lipinski definition) is 2. The van der Waals surface area contributed by atoms with Crippen molar-refractivity contribution < 1.29 is 22.7 Å². The summed E-state index contributed by atoms with van der Waals surface area (Å²) in [6.07, 6.45) is -3.49. The maximum absolute atomic E-state index is 13.1. The molecule has 0 heterocycles. The van der Waals surface area contributed by atoms with Gasteiger partial charge in [-0.3, -0.25) is 4.79 Å². The molecule has 0 N–H and O–H groups in total. The van der Waals surface area contributed by atoms with Crippen molar-refractivity contribution in [2.45, 2.75) is 12.8 Å². The molecular weight excluding hydrogens is 209 g/mol. The van der Waals surface area contributed by atoms with Gasteiger partial charge in [0.2, 0.25) is 5.78 Å². The van der Waals surface area contributed by atoms with Crippen LogP contribution >= 0.6 is 0 Å². The minimum Gasteiger partial charge on any atom is -0.494 e. The van der Waals surface area contributed by atoms with Gasteiger partial charge in [-0.25, -0.2) is 13.2 Å². The SMILES string of the molecule is COc1ccc(CC(=O)C(F)F)cc1F. The summed E-state index contributed by atoms with van der Waals surface area (Å²) in [5.41, 5.74) is 0.207. The van der Waals surface area contributed by atoms with Gasteiger partial charge in [-0.05, 0) is 17.7 Å². The van der Waals surface area contributed by atoms with Gasteiger partial charge in [-0.1, -0.05) is 6.07 Å². The van der Waals surface area contributed by atoms with Crippen LogP contribution in [0, 0.1) is 5.82 Å². The molecule has 0 amide bonds. The molecule has 0 aliphatic carbocycles. The number of ketones is 1. The maximum atomic E-state index is 13.1. The minimum absolute atomic E-state index is 0.0169. The Morgan fingerprint density at radius 1 is 1.47 bits per heavy atom. The fraction of sp³-hybridized carbons (Fsp3) is 0.300. The van der Waals surface area contributed by atoms with Crippen molar-refractivity contribution in [1.29, 1.82) is 0 Å². The van der Waals surface area contributed by atoms with Gasteiger partial charge in [0.25, 0.3) is 6.43 Å². The van der Waals surface area contributed by atoms with E-state index in [-0.39, 0.29) is 11.3 Å². The summed E-state index contributed by atoms with van der Waals surface area (Å²) < 4.78 is 41.5. The molecule has 0 aliphatic rings. The number of hydrogen-bond donors (Lipinski definition) is 0. The number of carbonyl (C=O) groups excluding carboxylic acids is 1. The van der Waals surface area contributed by atoms with Crippen molar-refractivity contribution in [1.82, 2.24) is 0 Å². The summed E-state index contributed by atoms with van der Waals surface area (Å²) in [6.45, 7) is 0. The van der Waals surface area contributed by atoms with Gasteiger partial charge in [0, 0.05) is 6.42 Å². The van der Waals surface area contributed by atoms with Crippen LogP contribution in [0.1, 0.15) is 5.56 Å². The summed E-state index contributed by atoms with van der Waals surface area (Å²) in [5, 5.41) is 0. The Balaban J connectivity index is 2.80. The van der Waals surface area contributed by atoms with Crippen molar-refractivity contribution in [3.8, 4) is 5.75 Å². The first kappa shape index (κ1) is 11.6. The number of rotatable bonds is 4. The first-order valence-corrected chi connectivity index (χ1v) is 4.18. The fourth-order valence-corrected chi connectivity index (χ4v) is 1.10. The van der Waals surface area contributed by atoms with Gasteiger partial charge in [0.15, 0.2) is 11.6 Å².